The minimum absolute atomic E-state index is 0.0113. The van der Waals surface area contributed by atoms with Gasteiger partial charge in [0.15, 0.2) is 11.5 Å². The van der Waals surface area contributed by atoms with Gasteiger partial charge < -0.3 is 14.8 Å². The predicted molar refractivity (Wildman–Crippen MR) is 103 cm³/mol. The number of rotatable bonds is 4. The summed E-state index contributed by atoms with van der Waals surface area (Å²) >= 11 is 12.3. The largest absolute Gasteiger partial charge is 0.493 e. The molecule has 1 aromatic heterocycles. The van der Waals surface area contributed by atoms with Crippen LogP contribution in [0.1, 0.15) is 29.6 Å². The molecule has 3 aromatic rings. The number of halogens is 2. The quantitative estimate of drug-likeness (QED) is 0.702. The van der Waals surface area contributed by atoms with Gasteiger partial charge in [-0.2, -0.15) is 0 Å². The lowest BCUT2D eigenvalue weighted by molar-refractivity contribution is 0.353. The Balaban J connectivity index is 1.72. The Bertz CT molecular complexity index is 978. The van der Waals surface area contributed by atoms with Crippen LogP contribution < -0.4 is 14.8 Å². The van der Waals surface area contributed by atoms with Gasteiger partial charge in [0.05, 0.1) is 36.3 Å². The molecule has 4 rings (SSSR count). The summed E-state index contributed by atoms with van der Waals surface area (Å²) in [6.45, 7) is 0. The molecule has 0 bridgehead atoms. The van der Waals surface area contributed by atoms with Gasteiger partial charge >= 0.3 is 0 Å². The van der Waals surface area contributed by atoms with E-state index < -0.39 is 0 Å². The Morgan fingerprint density at radius 1 is 1.00 bits per heavy atom. The van der Waals surface area contributed by atoms with Crippen LogP contribution in [0.4, 0.5) is 5.95 Å². The van der Waals surface area contributed by atoms with Gasteiger partial charge in [0, 0.05) is 0 Å². The molecule has 0 saturated carbocycles. The molecule has 27 heavy (non-hydrogen) atoms. The van der Waals surface area contributed by atoms with Crippen molar-refractivity contribution >= 4 is 29.2 Å². The van der Waals surface area contributed by atoms with Crippen LogP contribution in [-0.4, -0.2) is 34.4 Å². The van der Waals surface area contributed by atoms with E-state index in [0.717, 1.165) is 17.5 Å². The lowest BCUT2D eigenvalue weighted by Crippen LogP contribution is -2.28. The molecule has 2 heterocycles. The number of nitrogens with zero attached hydrogens (tertiary/aromatic N) is 4. The summed E-state index contributed by atoms with van der Waals surface area (Å²) < 4.78 is 12.5. The highest BCUT2D eigenvalue weighted by Crippen LogP contribution is 2.40. The minimum atomic E-state index is -0.0795. The van der Waals surface area contributed by atoms with E-state index in [1.165, 1.54) is 0 Å². The molecular formula is C18H17Cl2N5O2. The van der Waals surface area contributed by atoms with E-state index in [4.69, 9.17) is 32.7 Å². The van der Waals surface area contributed by atoms with Crippen molar-refractivity contribution in [2.75, 3.05) is 19.5 Å². The highest BCUT2D eigenvalue weighted by Gasteiger charge is 2.31. The third kappa shape index (κ3) is 3.28. The zero-order valence-electron chi connectivity index (χ0n) is 14.7. The average molecular weight is 406 g/mol. The zero-order valence-corrected chi connectivity index (χ0v) is 16.2. The van der Waals surface area contributed by atoms with Crippen molar-refractivity contribution in [1.29, 1.82) is 0 Å². The number of hydrogen-bond acceptors (Lipinski definition) is 6. The van der Waals surface area contributed by atoms with Crippen molar-refractivity contribution in [3.63, 3.8) is 0 Å². The maximum absolute atomic E-state index is 6.22. The number of hydrogen-bond donors (Lipinski definition) is 1. The summed E-state index contributed by atoms with van der Waals surface area (Å²) in [5, 5.41) is 16.4. The molecule has 9 heteroatoms. The molecule has 0 fully saturated rings. The van der Waals surface area contributed by atoms with Crippen LogP contribution in [0.3, 0.4) is 0 Å². The van der Waals surface area contributed by atoms with Crippen LogP contribution in [0.5, 0.6) is 11.5 Å². The number of fused-ring (bicyclic) bond motifs is 1. The van der Waals surface area contributed by atoms with Crippen LogP contribution in [0.25, 0.3) is 0 Å². The molecule has 2 aromatic carbocycles. The summed E-state index contributed by atoms with van der Waals surface area (Å²) in [4.78, 5) is 0. The van der Waals surface area contributed by atoms with Crippen molar-refractivity contribution in [3.8, 4) is 11.5 Å². The molecule has 1 N–H and O–H groups in total. The normalized spacial score (nSPS) is 18.5. The summed E-state index contributed by atoms with van der Waals surface area (Å²) in [7, 11) is 3.24. The molecule has 0 aliphatic carbocycles. The molecule has 0 amide bonds. The fraction of sp³-hybridized carbons (Fsp3) is 0.278. The Morgan fingerprint density at radius 3 is 2.52 bits per heavy atom. The van der Waals surface area contributed by atoms with Crippen LogP contribution >= 0.6 is 23.2 Å². The van der Waals surface area contributed by atoms with Crippen LogP contribution in [0.2, 0.25) is 10.0 Å². The highest BCUT2D eigenvalue weighted by atomic mass is 35.5. The van der Waals surface area contributed by atoms with E-state index in [1.807, 2.05) is 30.3 Å². The molecule has 0 saturated heterocycles. The molecule has 0 radical (unpaired) electrons. The van der Waals surface area contributed by atoms with Crippen LogP contribution in [0, 0.1) is 0 Å². The van der Waals surface area contributed by atoms with Gasteiger partial charge in [0.2, 0.25) is 5.95 Å². The first-order chi connectivity index (χ1) is 13.1. The smallest absolute Gasteiger partial charge is 0.243 e. The van der Waals surface area contributed by atoms with Crippen molar-refractivity contribution in [2.24, 2.45) is 0 Å². The Hall–Kier alpha value is -2.51. The van der Waals surface area contributed by atoms with E-state index >= 15 is 0 Å². The lowest BCUT2D eigenvalue weighted by atomic mass is 9.93. The van der Waals surface area contributed by atoms with Gasteiger partial charge in [-0.25, -0.2) is 4.68 Å². The second-order valence-electron chi connectivity index (χ2n) is 6.18. The average Bonchev–Trinajstić information content (AvgIpc) is 3.17. The van der Waals surface area contributed by atoms with Gasteiger partial charge in [-0.05, 0) is 52.2 Å². The van der Waals surface area contributed by atoms with E-state index in [9.17, 15) is 0 Å². The monoisotopic (exact) mass is 405 g/mol. The number of methoxy groups -OCH3 is 2. The second kappa shape index (κ2) is 7.25. The zero-order chi connectivity index (χ0) is 19.0. The first kappa shape index (κ1) is 17.9. The van der Waals surface area contributed by atoms with E-state index in [1.54, 1.807) is 25.0 Å². The molecule has 1 aliphatic heterocycles. The molecule has 0 unspecified atom stereocenters. The standard InChI is InChI=1S/C18H17Cl2N5O2/c1-26-16-6-4-10(8-17(16)27-2)14-9-15(25-18(21-14)22-23-24-25)11-3-5-12(19)13(20)7-11/h3-8,14-15H,9H2,1-2H3,(H,21,22,24)/t14-,15+/m1/s1. The maximum atomic E-state index is 6.22. The first-order valence-electron chi connectivity index (χ1n) is 8.32. The summed E-state index contributed by atoms with van der Waals surface area (Å²) in [5.41, 5.74) is 2.04. The van der Waals surface area contributed by atoms with Crippen LogP contribution in [0.15, 0.2) is 36.4 Å². The van der Waals surface area contributed by atoms with E-state index in [2.05, 4.69) is 20.8 Å². The first-order valence-corrected chi connectivity index (χ1v) is 9.07. The van der Waals surface area contributed by atoms with Gasteiger partial charge in [0.1, 0.15) is 0 Å². The third-order valence-corrected chi connectivity index (χ3v) is 5.43. The van der Waals surface area contributed by atoms with Crippen LogP contribution in [-0.2, 0) is 0 Å². The number of tetrazole rings is 1. The fourth-order valence-corrected chi connectivity index (χ4v) is 3.63. The SMILES string of the molecule is COc1ccc([C@H]2C[C@@H](c3ccc(Cl)c(Cl)c3)n3nnnc3N2)cc1OC. The molecular weight excluding hydrogens is 389 g/mol. The fourth-order valence-electron chi connectivity index (χ4n) is 3.32. The Labute approximate surface area is 166 Å². The topological polar surface area (TPSA) is 74.1 Å². The number of benzene rings is 2. The van der Waals surface area contributed by atoms with Crippen molar-refractivity contribution in [2.45, 2.75) is 18.5 Å². The van der Waals surface area contributed by atoms with Gasteiger partial charge in [0.25, 0.3) is 0 Å². The predicted octanol–water partition coefficient (Wildman–Crippen LogP) is 4.14. The Morgan fingerprint density at radius 2 is 1.78 bits per heavy atom. The molecule has 0 spiro atoms. The molecule has 2 atom stereocenters. The van der Waals surface area contributed by atoms with Crippen molar-refractivity contribution in [3.05, 3.63) is 57.6 Å². The number of anilines is 1. The third-order valence-electron chi connectivity index (χ3n) is 4.69. The van der Waals surface area contributed by atoms with Crippen molar-refractivity contribution in [1.82, 2.24) is 20.2 Å². The number of aromatic nitrogens is 4. The van der Waals surface area contributed by atoms with E-state index in [0.29, 0.717) is 27.5 Å². The summed E-state index contributed by atoms with van der Waals surface area (Å²) in [5.74, 6) is 1.95. The molecule has 1 aliphatic rings. The summed E-state index contributed by atoms with van der Waals surface area (Å²) in [6, 6.07) is 11.4. The maximum Gasteiger partial charge on any atom is 0.243 e. The number of nitrogens with one attached hydrogen (secondary N) is 1. The van der Waals surface area contributed by atoms with Gasteiger partial charge in [-0.3, -0.25) is 0 Å². The minimum Gasteiger partial charge on any atom is -0.493 e. The Kier molecular flexibility index (Phi) is 4.80. The molecule has 140 valence electrons. The highest BCUT2D eigenvalue weighted by molar-refractivity contribution is 6.42. The molecule has 7 nitrogen and oxygen atoms in total. The lowest BCUT2D eigenvalue weighted by Gasteiger charge is -2.31. The number of ether oxygens (including phenoxy) is 2. The van der Waals surface area contributed by atoms with Gasteiger partial charge in [-0.15, -0.1) is 0 Å². The second-order valence-corrected chi connectivity index (χ2v) is 7.00. The van der Waals surface area contributed by atoms with E-state index in [-0.39, 0.29) is 12.1 Å². The van der Waals surface area contributed by atoms with Crippen molar-refractivity contribution < 1.29 is 9.47 Å². The summed E-state index contributed by atoms with van der Waals surface area (Å²) in [6.07, 6.45) is 0.728. The van der Waals surface area contributed by atoms with Gasteiger partial charge in [-0.1, -0.05) is 40.4 Å².